The van der Waals surface area contributed by atoms with Crippen LogP contribution in [0.15, 0.2) is 48.5 Å². The number of nitrogens with one attached hydrogen (secondary N) is 1. The van der Waals surface area contributed by atoms with Crippen molar-refractivity contribution in [1.29, 1.82) is 0 Å². The summed E-state index contributed by atoms with van der Waals surface area (Å²) >= 11 is 0. The van der Waals surface area contributed by atoms with Gasteiger partial charge in [0.15, 0.2) is 0 Å². The molecule has 0 bridgehead atoms. The summed E-state index contributed by atoms with van der Waals surface area (Å²) in [4.78, 5) is 27.9. The molecule has 1 aliphatic heterocycles. The van der Waals surface area contributed by atoms with Crippen LogP contribution in [-0.4, -0.2) is 48.0 Å². The summed E-state index contributed by atoms with van der Waals surface area (Å²) in [6.07, 6.45) is 0. The highest BCUT2D eigenvalue weighted by Gasteiger charge is 2.26. The molecule has 0 aliphatic carbocycles. The first kappa shape index (κ1) is 16.8. The van der Waals surface area contributed by atoms with E-state index in [1.165, 1.54) is 41.3 Å². The Kier molecular flexibility index (Phi) is 4.83. The van der Waals surface area contributed by atoms with E-state index < -0.39 is 11.8 Å². The molecule has 3 rings (SSSR count). The predicted octanol–water partition coefficient (Wildman–Crippen LogP) is 1.82. The van der Waals surface area contributed by atoms with Crippen LogP contribution in [0.2, 0.25) is 0 Å². The van der Waals surface area contributed by atoms with E-state index in [9.17, 15) is 19.1 Å². The van der Waals surface area contributed by atoms with E-state index in [2.05, 4.69) is 5.32 Å². The molecule has 1 aliphatic rings. The van der Waals surface area contributed by atoms with Gasteiger partial charge in [-0.1, -0.05) is 0 Å². The van der Waals surface area contributed by atoms with Crippen LogP contribution >= 0.6 is 0 Å². The Morgan fingerprint density at radius 2 is 1.52 bits per heavy atom. The lowest BCUT2D eigenvalue weighted by molar-refractivity contribution is -0.143. The van der Waals surface area contributed by atoms with Gasteiger partial charge < -0.3 is 20.2 Å². The molecule has 6 nitrogen and oxygen atoms in total. The summed E-state index contributed by atoms with van der Waals surface area (Å²) in [6, 6.07) is 12.1. The number of carbonyl (C=O) groups excluding carboxylic acids is 2. The molecule has 2 N–H and O–H groups in total. The molecule has 25 heavy (non-hydrogen) atoms. The first-order valence-electron chi connectivity index (χ1n) is 7.93. The lowest BCUT2D eigenvalue weighted by atomic mass is 10.2. The maximum absolute atomic E-state index is 13.0. The number of benzene rings is 2. The SMILES string of the molecule is O=C(Nc1ccc(O)cc1)C(=O)N1CCN(c2ccc(F)cc2)CC1. The van der Waals surface area contributed by atoms with Crippen LogP contribution in [0.1, 0.15) is 0 Å². The van der Waals surface area contributed by atoms with Crippen LogP contribution in [0.25, 0.3) is 0 Å². The second-order valence-electron chi connectivity index (χ2n) is 5.76. The van der Waals surface area contributed by atoms with E-state index in [1.54, 1.807) is 12.1 Å². The number of rotatable bonds is 2. The van der Waals surface area contributed by atoms with Crippen molar-refractivity contribution >= 4 is 23.2 Å². The number of hydrogen-bond acceptors (Lipinski definition) is 4. The number of aromatic hydroxyl groups is 1. The summed E-state index contributed by atoms with van der Waals surface area (Å²) in [5, 5.41) is 11.7. The van der Waals surface area contributed by atoms with Gasteiger partial charge in [0.05, 0.1) is 0 Å². The molecule has 1 fully saturated rings. The van der Waals surface area contributed by atoms with Crippen LogP contribution in [0.5, 0.6) is 5.75 Å². The number of phenols is 1. The van der Waals surface area contributed by atoms with Crippen LogP contribution in [-0.2, 0) is 9.59 Å². The average Bonchev–Trinajstić information content (AvgIpc) is 2.64. The quantitative estimate of drug-likeness (QED) is 0.644. The molecule has 0 radical (unpaired) electrons. The Bertz CT molecular complexity index is 754. The third kappa shape index (κ3) is 4.06. The van der Waals surface area contributed by atoms with Gasteiger partial charge in [0, 0.05) is 37.6 Å². The molecule has 0 atom stereocenters. The van der Waals surface area contributed by atoms with Crippen LogP contribution in [0.4, 0.5) is 15.8 Å². The number of halogens is 1. The zero-order valence-electron chi connectivity index (χ0n) is 13.5. The standard InChI is InChI=1S/C18H18FN3O3/c19-13-1-5-15(6-2-13)21-9-11-22(12-10-21)18(25)17(24)20-14-3-7-16(23)8-4-14/h1-8,23H,9-12H2,(H,20,24). The van der Waals surface area contributed by atoms with Crippen molar-refractivity contribution in [1.82, 2.24) is 4.90 Å². The molecule has 0 aromatic heterocycles. The minimum absolute atomic E-state index is 0.0845. The number of phenolic OH excluding ortho intramolecular Hbond substituents is 1. The molecule has 0 spiro atoms. The summed E-state index contributed by atoms with van der Waals surface area (Å²) in [7, 11) is 0. The molecule has 130 valence electrons. The summed E-state index contributed by atoms with van der Waals surface area (Å²) in [5.41, 5.74) is 1.34. The van der Waals surface area contributed by atoms with E-state index in [0.717, 1.165) is 5.69 Å². The van der Waals surface area contributed by atoms with E-state index in [1.807, 2.05) is 4.90 Å². The molecular weight excluding hydrogens is 325 g/mol. The summed E-state index contributed by atoms with van der Waals surface area (Å²) < 4.78 is 13.0. The van der Waals surface area contributed by atoms with Gasteiger partial charge in [-0.2, -0.15) is 0 Å². The Morgan fingerprint density at radius 3 is 2.12 bits per heavy atom. The Labute approximate surface area is 144 Å². The highest BCUT2D eigenvalue weighted by Crippen LogP contribution is 2.17. The fourth-order valence-electron chi connectivity index (χ4n) is 2.69. The van der Waals surface area contributed by atoms with E-state index in [-0.39, 0.29) is 11.6 Å². The Morgan fingerprint density at radius 1 is 0.920 bits per heavy atom. The van der Waals surface area contributed by atoms with Gasteiger partial charge in [-0.25, -0.2) is 4.39 Å². The maximum atomic E-state index is 13.0. The monoisotopic (exact) mass is 343 g/mol. The van der Waals surface area contributed by atoms with E-state index >= 15 is 0 Å². The smallest absolute Gasteiger partial charge is 0.313 e. The third-order valence-corrected chi connectivity index (χ3v) is 4.08. The van der Waals surface area contributed by atoms with Crippen molar-refractivity contribution in [2.24, 2.45) is 0 Å². The molecular formula is C18H18FN3O3. The molecule has 2 amide bonds. The van der Waals surface area contributed by atoms with Gasteiger partial charge in [0.25, 0.3) is 0 Å². The number of hydrogen-bond donors (Lipinski definition) is 2. The normalized spacial score (nSPS) is 14.3. The first-order chi connectivity index (χ1) is 12.0. The van der Waals surface area contributed by atoms with Crippen LogP contribution in [0.3, 0.4) is 0 Å². The fourth-order valence-corrected chi connectivity index (χ4v) is 2.69. The molecule has 1 heterocycles. The minimum atomic E-state index is -0.707. The van der Waals surface area contributed by atoms with Crippen LogP contribution in [0, 0.1) is 5.82 Å². The molecule has 2 aromatic rings. The second-order valence-corrected chi connectivity index (χ2v) is 5.76. The van der Waals surface area contributed by atoms with Crippen molar-refractivity contribution in [2.45, 2.75) is 0 Å². The maximum Gasteiger partial charge on any atom is 0.313 e. The number of piperazine rings is 1. The van der Waals surface area contributed by atoms with Crippen molar-refractivity contribution in [3.8, 4) is 5.75 Å². The van der Waals surface area contributed by atoms with Gasteiger partial charge in [-0.15, -0.1) is 0 Å². The van der Waals surface area contributed by atoms with Crippen molar-refractivity contribution in [3.05, 3.63) is 54.3 Å². The highest BCUT2D eigenvalue weighted by molar-refractivity contribution is 6.39. The first-order valence-corrected chi connectivity index (χ1v) is 7.93. The van der Waals surface area contributed by atoms with Gasteiger partial charge in [-0.05, 0) is 48.5 Å². The predicted molar refractivity (Wildman–Crippen MR) is 91.9 cm³/mol. The van der Waals surface area contributed by atoms with Crippen molar-refractivity contribution in [3.63, 3.8) is 0 Å². The van der Waals surface area contributed by atoms with Gasteiger partial charge >= 0.3 is 11.8 Å². The molecule has 0 unspecified atom stereocenters. The van der Waals surface area contributed by atoms with Crippen molar-refractivity contribution in [2.75, 3.05) is 36.4 Å². The van der Waals surface area contributed by atoms with Gasteiger partial charge in [0.2, 0.25) is 0 Å². The lowest BCUT2D eigenvalue weighted by Crippen LogP contribution is -2.51. The summed E-state index contributed by atoms with van der Waals surface area (Å²) in [6.45, 7) is 1.98. The number of nitrogens with zero attached hydrogens (tertiary/aromatic N) is 2. The number of carbonyl (C=O) groups is 2. The average molecular weight is 343 g/mol. The Balaban J connectivity index is 1.54. The fraction of sp³-hybridized carbons (Fsp3) is 0.222. The topological polar surface area (TPSA) is 72.9 Å². The van der Waals surface area contributed by atoms with Gasteiger partial charge in [0.1, 0.15) is 11.6 Å². The zero-order valence-corrected chi connectivity index (χ0v) is 13.5. The summed E-state index contributed by atoms with van der Waals surface area (Å²) in [5.74, 6) is -1.50. The van der Waals surface area contributed by atoms with Crippen LogP contribution < -0.4 is 10.2 Å². The zero-order chi connectivity index (χ0) is 17.8. The molecule has 1 saturated heterocycles. The number of amides is 2. The lowest BCUT2D eigenvalue weighted by Gasteiger charge is -2.35. The number of anilines is 2. The molecule has 2 aromatic carbocycles. The minimum Gasteiger partial charge on any atom is -0.508 e. The largest absolute Gasteiger partial charge is 0.508 e. The molecule has 7 heteroatoms. The van der Waals surface area contributed by atoms with E-state index in [0.29, 0.717) is 31.9 Å². The van der Waals surface area contributed by atoms with E-state index in [4.69, 9.17) is 0 Å². The van der Waals surface area contributed by atoms with Gasteiger partial charge in [-0.3, -0.25) is 9.59 Å². The Hall–Kier alpha value is -3.09. The van der Waals surface area contributed by atoms with Crippen molar-refractivity contribution < 1.29 is 19.1 Å². The highest BCUT2D eigenvalue weighted by atomic mass is 19.1. The molecule has 0 saturated carbocycles. The second kappa shape index (κ2) is 7.21. The third-order valence-electron chi connectivity index (χ3n) is 4.08.